The lowest BCUT2D eigenvalue weighted by atomic mass is 10.0. The van der Waals surface area contributed by atoms with E-state index in [-0.39, 0.29) is 4.83 Å². The number of methoxy groups -OCH3 is 2. The van der Waals surface area contributed by atoms with Crippen LogP contribution in [0.2, 0.25) is 5.02 Å². The molecule has 5 heteroatoms. The van der Waals surface area contributed by atoms with Crippen LogP contribution in [0, 0.1) is 0 Å². The summed E-state index contributed by atoms with van der Waals surface area (Å²) in [5.41, 5.74) is 1.97. The summed E-state index contributed by atoms with van der Waals surface area (Å²) < 4.78 is 11.6. The lowest BCUT2D eigenvalue weighted by molar-refractivity contribution is 0.391. The van der Waals surface area contributed by atoms with Crippen LogP contribution in [0.25, 0.3) is 0 Å². The van der Waals surface area contributed by atoms with Crippen LogP contribution < -0.4 is 9.47 Å². The van der Waals surface area contributed by atoms with Crippen LogP contribution in [0.15, 0.2) is 40.9 Å². The summed E-state index contributed by atoms with van der Waals surface area (Å²) in [5, 5.41) is 0.702. The second-order valence-electron chi connectivity index (χ2n) is 4.14. The maximum absolute atomic E-state index is 6.28. The van der Waals surface area contributed by atoms with Crippen molar-refractivity contribution in [1.29, 1.82) is 0 Å². The molecule has 2 aromatic rings. The Bertz CT molecular complexity index is 617. The Labute approximate surface area is 140 Å². The van der Waals surface area contributed by atoms with Crippen LogP contribution in [0.4, 0.5) is 0 Å². The van der Waals surface area contributed by atoms with Crippen molar-refractivity contribution in [1.82, 2.24) is 0 Å². The van der Waals surface area contributed by atoms with Crippen molar-refractivity contribution in [2.45, 2.75) is 4.83 Å². The number of rotatable bonds is 4. The average Bonchev–Trinajstić information content (AvgIpc) is 2.48. The highest BCUT2D eigenvalue weighted by Crippen LogP contribution is 2.41. The Balaban J connectivity index is 2.47. The Kier molecular flexibility index (Phi) is 5.35. The topological polar surface area (TPSA) is 18.5 Å². The number of halogens is 3. The van der Waals surface area contributed by atoms with E-state index < -0.39 is 0 Å². The molecule has 106 valence electrons. The molecular formula is C15H13Br2ClO2. The van der Waals surface area contributed by atoms with Crippen LogP contribution in [0.5, 0.6) is 11.5 Å². The molecule has 1 atom stereocenters. The summed E-state index contributed by atoms with van der Waals surface area (Å²) in [4.78, 5) is -0.0617. The minimum Gasteiger partial charge on any atom is -0.497 e. The molecule has 0 saturated heterocycles. The normalized spacial score (nSPS) is 12.1. The van der Waals surface area contributed by atoms with Gasteiger partial charge in [-0.3, -0.25) is 0 Å². The van der Waals surface area contributed by atoms with Crippen molar-refractivity contribution in [3.8, 4) is 11.5 Å². The number of hydrogen-bond acceptors (Lipinski definition) is 2. The van der Waals surface area contributed by atoms with E-state index in [1.54, 1.807) is 14.2 Å². The monoisotopic (exact) mass is 418 g/mol. The third-order valence-electron chi connectivity index (χ3n) is 2.94. The van der Waals surface area contributed by atoms with Gasteiger partial charge in [-0.1, -0.05) is 49.5 Å². The predicted octanol–water partition coefficient (Wildman–Crippen LogP) is 5.60. The first-order valence-corrected chi connectivity index (χ1v) is 7.96. The Morgan fingerprint density at radius 2 is 1.75 bits per heavy atom. The van der Waals surface area contributed by atoms with Gasteiger partial charge in [-0.05, 0) is 29.8 Å². The summed E-state index contributed by atoms with van der Waals surface area (Å²) in [6.07, 6.45) is 0. The highest BCUT2D eigenvalue weighted by molar-refractivity contribution is 9.10. The summed E-state index contributed by atoms with van der Waals surface area (Å²) in [6, 6.07) is 11.5. The zero-order valence-corrected chi connectivity index (χ0v) is 14.9. The van der Waals surface area contributed by atoms with E-state index in [2.05, 4.69) is 31.9 Å². The highest BCUT2D eigenvalue weighted by atomic mass is 79.9. The second-order valence-corrected chi connectivity index (χ2v) is 6.37. The van der Waals surface area contributed by atoms with Crippen LogP contribution in [0.1, 0.15) is 16.0 Å². The predicted molar refractivity (Wildman–Crippen MR) is 89.5 cm³/mol. The maximum Gasteiger partial charge on any atom is 0.127 e. The molecule has 0 N–H and O–H groups in total. The van der Waals surface area contributed by atoms with E-state index in [0.29, 0.717) is 5.02 Å². The number of hydrogen-bond donors (Lipinski definition) is 0. The Morgan fingerprint density at radius 3 is 2.40 bits per heavy atom. The van der Waals surface area contributed by atoms with Gasteiger partial charge >= 0.3 is 0 Å². The smallest absolute Gasteiger partial charge is 0.127 e. The fraction of sp³-hybridized carbons (Fsp3) is 0.200. The van der Waals surface area contributed by atoms with Crippen LogP contribution >= 0.6 is 43.5 Å². The van der Waals surface area contributed by atoms with Gasteiger partial charge in [0.25, 0.3) is 0 Å². The molecular weight excluding hydrogens is 407 g/mol. The minimum atomic E-state index is -0.0617. The molecule has 0 amide bonds. The van der Waals surface area contributed by atoms with Gasteiger partial charge in [-0.25, -0.2) is 0 Å². The lowest BCUT2D eigenvalue weighted by Gasteiger charge is -2.17. The fourth-order valence-electron chi connectivity index (χ4n) is 1.90. The first-order valence-electron chi connectivity index (χ1n) is 5.87. The zero-order chi connectivity index (χ0) is 14.7. The lowest BCUT2D eigenvalue weighted by Crippen LogP contribution is -1.98. The fourth-order valence-corrected chi connectivity index (χ4v) is 3.40. The van der Waals surface area contributed by atoms with Crippen LogP contribution in [-0.2, 0) is 0 Å². The van der Waals surface area contributed by atoms with Gasteiger partial charge in [-0.2, -0.15) is 0 Å². The molecule has 2 nitrogen and oxygen atoms in total. The quantitative estimate of drug-likeness (QED) is 0.599. The molecule has 0 heterocycles. The zero-order valence-electron chi connectivity index (χ0n) is 11.0. The largest absolute Gasteiger partial charge is 0.497 e. The average molecular weight is 421 g/mol. The maximum atomic E-state index is 6.28. The number of ether oxygens (including phenoxy) is 2. The van der Waals surface area contributed by atoms with Crippen LogP contribution in [-0.4, -0.2) is 14.2 Å². The van der Waals surface area contributed by atoms with Crippen molar-refractivity contribution < 1.29 is 9.47 Å². The van der Waals surface area contributed by atoms with Crippen molar-refractivity contribution in [3.05, 3.63) is 57.0 Å². The minimum absolute atomic E-state index is 0.0617. The van der Waals surface area contributed by atoms with Crippen LogP contribution in [0.3, 0.4) is 0 Å². The van der Waals surface area contributed by atoms with Gasteiger partial charge in [0, 0.05) is 21.1 Å². The first kappa shape index (κ1) is 15.7. The van der Waals surface area contributed by atoms with E-state index in [9.17, 15) is 0 Å². The van der Waals surface area contributed by atoms with Crippen molar-refractivity contribution >= 4 is 43.5 Å². The van der Waals surface area contributed by atoms with Gasteiger partial charge in [0.2, 0.25) is 0 Å². The van der Waals surface area contributed by atoms with Gasteiger partial charge in [0.05, 0.1) is 19.0 Å². The summed E-state index contributed by atoms with van der Waals surface area (Å²) in [7, 11) is 3.27. The van der Waals surface area contributed by atoms with Gasteiger partial charge < -0.3 is 9.47 Å². The standard InChI is InChI=1S/C15H13Br2ClO2/c1-19-10-4-5-11(14(8-10)20-2)15(17)12-7-9(16)3-6-13(12)18/h3-8,15H,1-2H3. The summed E-state index contributed by atoms with van der Waals surface area (Å²) in [5.74, 6) is 1.51. The van der Waals surface area contributed by atoms with Crippen molar-refractivity contribution in [2.75, 3.05) is 14.2 Å². The molecule has 0 aromatic heterocycles. The SMILES string of the molecule is COc1ccc(C(Br)c2cc(Br)ccc2Cl)c(OC)c1. The molecule has 0 aliphatic heterocycles. The van der Waals surface area contributed by atoms with E-state index in [1.165, 1.54) is 0 Å². The summed E-state index contributed by atoms with van der Waals surface area (Å²) in [6.45, 7) is 0. The van der Waals surface area contributed by atoms with E-state index in [0.717, 1.165) is 27.1 Å². The first-order chi connectivity index (χ1) is 9.56. The molecule has 0 aliphatic rings. The van der Waals surface area contributed by atoms with Crippen molar-refractivity contribution in [2.24, 2.45) is 0 Å². The molecule has 2 aromatic carbocycles. The number of benzene rings is 2. The third kappa shape index (κ3) is 3.30. The Morgan fingerprint density at radius 1 is 1.00 bits per heavy atom. The van der Waals surface area contributed by atoms with E-state index in [4.69, 9.17) is 21.1 Å². The van der Waals surface area contributed by atoms with E-state index in [1.807, 2.05) is 36.4 Å². The van der Waals surface area contributed by atoms with E-state index >= 15 is 0 Å². The van der Waals surface area contributed by atoms with Crippen molar-refractivity contribution in [3.63, 3.8) is 0 Å². The molecule has 0 radical (unpaired) electrons. The second kappa shape index (κ2) is 6.83. The van der Waals surface area contributed by atoms with Gasteiger partial charge in [-0.15, -0.1) is 0 Å². The molecule has 2 rings (SSSR count). The third-order valence-corrected chi connectivity index (χ3v) is 4.77. The molecule has 0 spiro atoms. The molecule has 0 fully saturated rings. The molecule has 20 heavy (non-hydrogen) atoms. The molecule has 0 saturated carbocycles. The van der Waals surface area contributed by atoms with Gasteiger partial charge in [0.15, 0.2) is 0 Å². The highest BCUT2D eigenvalue weighted by Gasteiger charge is 2.18. The summed E-state index contributed by atoms with van der Waals surface area (Å²) >= 11 is 13.4. The Hall–Kier alpha value is -0.710. The molecule has 0 bridgehead atoms. The molecule has 0 aliphatic carbocycles. The van der Waals surface area contributed by atoms with Gasteiger partial charge in [0.1, 0.15) is 11.5 Å². The molecule has 1 unspecified atom stereocenters. The number of alkyl halides is 1.